The van der Waals surface area contributed by atoms with E-state index in [0.29, 0.717) is 41.4 Å². The minimum atomic E-state index is -0.335. The predicted molar refractivity (Wildman–Crippen MR) is 106 cm³/mol. The Morgan fingerprint density at radius 1 is 1.10 bits per heavy atom. The largest absolute Gasteiger partial charge is 0.493 e. The van der Waals surface area contributed by atoms with Crippen LogP contribution in [0, 0.1) is 19.7 Å². The third-order valence-corrected chi connectivity index (χ3v) is 4.66. The van der Waals surface area contributed by atoms with E-state index >= 15 is 0 Å². The lowest BCUT2D eigenvalue weighted by Gasteiger charge is -2.10. The number of nitrogens with one attached hydrogen (secondary N) is 1. The number of nitrogens with zero attached hydrogens (tertiary/aromatic N) is 3. The lowest BCUT2D eigenvalue weighted by atomic mass is 10.1. The van der Waals surface area contributed by atoms with Crippen LogP contribution in [0.3, 0.4) is 0 Å². The molecule has 0 aliphatic rings. The Bertz CT molecular complexity index is 1030. The van der Waals surface area contributed by atoms with Gasteiger partial charge in [0.1, 0.15) is 5.82 Å². The summed E-state index contributed by atoms with van der Waals surface area (Å²) < 4.78 is 25.8. The van der Waals surface area contributed by atoms with Crippen LogP contribution in [-0.4, -0.2) is 41.7 Å². The summed E-state index contributed by atoms with van der Waals surface area (Å²) in [5.41, 5.74) is 2.80. The van der Waals surface area contributed by atoms with Crippen LogP contribution in [0.5, 0.6) is 11.5 Å². The maximum absolute atomic E-state index is 13.8. The number of benzene rings is 2. The number of carbonyl (C=O) groups excluding carboxylic acids is 1. The van der Waals surface area contributed by atoms with E-state index in [9.17, 15) is 9.18 Å². The van der Waals surface area contributed by atoms with Gasteiger partial charge < -0.3 is 14.8 Å². The van der Waals surface area contributed by atoms with Crippen molar-refractivity contribution >= 4 is 5.91 Å². The molecule has 2 aromatic carbocycles. The predicted octanol–water partition coefficient (Wildman–Crippen LogP) is 3.01. The number of ether oxygens (including phenoxy) is 2. The molecule has 152 valence electrons. The fourth-order valence-electron chi connectivity index (χ4n) is 2.94. The zero-order valence-corrected chi connectivity index (χ0v) is 16.8. The summed E-state index contributed by atoms with van der Waals surface area (Å²) in [6, 6.07) is 10.4. The van der Waals surface area contributed by atoms with Gasteiger partial charge in [-0.2, -0.15) is 0 Å². The van der Waals surface area contributed by atoms with E-state index in [1.807, 2.05) is 18.2 Å². The smallest absolute Gasteiger partial charge is 0.273 e. The first kappa shape index (κ1) is 20.3. The SMILES string of the molecule is COc1ccc(CCNC(=O)c2nnn(-c3ccc(C)c(F)c3)c2C)cc1OC. The molecule has 0 spiro atoms. The first-order valence-corrected chi connectivity index (χ1v) is 9.12. The number of amides is 1. The van der Waals surface area contributed by atoms with E-state index in [1.54, 1.807) is 40.2 Å². The van der Waals surface area contributed by atoms with Crippen molar-refractivity contribution in [1.82, 2.24) is 20.3 Å². The van der Waals surface area contributed by atoms with Gasteiger partial charge in [0.25, 0.3) is 5.91 Å². The van der Waals surface area contributed by atoms with Crippen molar-refractivity contribution < 1.29 is 18.7 Å². The second kappa shape index (κ2) is 8.72. The Labute approximate surface area is 168 Å². The molecule has 1 heterocycles. The molecule has 8 heteroatoms. The highest BCUT2D eigenvalue weighted by molar-refractivity contribution is 5.93. The maximum atomic E-state index is 13.8. The van der Waals surface area contributed by atoms with E-state index in [-0.39, 0.29) is 17.4 Å². The second-order valence-corrected chi connectivity index (χ2v) is 6.56. The van der Waals surface area contributed by atoms with Gasteiger partial charge in [0.2, 0.25) is 0 Å². The first-order valence-electron chi connectivity index (χ1n) is 9.12. The molecule has 0 saturated carbocycles. The molecule has 1 N–H and O–H groups in total. The van der Waals surface area contributed by atoms with E-state index in [2.05, 4.69) is 15.6 Å². The fourth-order valence-corrected chi connectivity index (χ4v) is 2.94. The fraction of sp³-hybridized carbons (Fsp3) is 0.286. The Morgan fingerprint density at radius 2 is 1.86 bits per heavy atom. The average Bonchev–Trinajstić information content (AvgIpc) is 3.11. The minimum absolute atomic E-state index is 0.207. The maximum Gasteiger partial charge on any atom is 0.273 e. The van der Waals surface area contributed by atoms with Crippen molar-refractivity contribution in [3.63, 3.8) is 0 Å². The summed E-state index contributed by atoms with van der Waals surface area (Å²) >= 11 is 0. The zero-order valence-electron chi connectivity index (χ0n) is 16.8. The van der Waals surface area contributed by atoms with Gasteiger partial charge in [0.05, 0.1) is 25.6 Å². The van der Waals surface area contributed by atoms with E-state index in [4.69, 9.17) is 9.47 Å². The molecule has 0 fully saturated rings. The van der Waals surface area contributed by atoms with Crippen LogP contribution in [0.1, 0.15) is 27.3 Å². The molecule has 0 atom stereocenters. The molecule has 0 bridgehead atoms. The summed E-state index contributed by atoms with van der Waals surface area (Å²) in [7, 11) is 3.16. The molecular weight excluding hydrogens is 375 g/mol. The van der Waals surface area contributed by atoms with Crippen LogP contribution in [0.25, 0.3) is 5.69 Å². The molecule has 1 amide bonds. The zero-order chi connectivity index (χ0) is 21.0. The number of hydrogen-bond acceptors (Lipinski definition) is 5. The third-order valence-electron chi connectivity index (χ3n) is 4.66. The molecule has 29 heavy (non-hydrogen) atoms. The third kappa shape index (κ3) is 4.37. The van der Waals surface area contributed by atoms with Crippen LogP contribution in [-0.2, 0) is 6.42 Å². The van der Waals surface area contributed by atoms with Gasteiger partial charge in [0, 0.05) is 6.54 Å². The number of methoxy groups -OCH3 is 2. The molecule has 0 aliphatic heterocycles. The molecule has 0 saturated heterocycles. The first-order chi connectivity index (χ1) is 13.9. The highest BCUT2D eigenvalue weighted by Crippen LogP contribution is 2.27. The van der Waals surface area contributed by atoms with Crippen molar-refractivity contribution in [2.75, 3.05) is 20.8 Å². The molecule has 0 aliphatic carbocycles. The average molecular weight is 398 g/mol. The Balaban J connectivity index is 1.66. The number of hydrogen-bond donors (Lipinski definition) is 1. The number of carbonyl (C=O) groups is 1. The van der Waals surface area contributed by atoms with Crippen molar-refractivity contribution in [2.24, 2.45) is 0 Å². The minimum Gasteiger partial charge on any atom is -0.493 e. The van der Waals surface area contributed by atoms with Gasteiger partial charge in [-0.1, -0.05) is 17.3 Å². The number of halogens is 1. The second-order valence-electron chi connectivity index (χ2n) is 6.56. The Morgan fingerprint density at radius 3 is 2.55 bits per heavy atom. The van der Waals surface area contributed by atoms with Crippen LogP contribution >= 0.6 is 0 Å². The van der Waals surface area contributed by atoms with Gasteiger partial charge >= 0.3 is 0 Å². The lowest BCUT2D eigenvalue weighted by Crippen LogP contribution is -2.26. The molecule has 3 rings (SSSR count). The summed E-state index contributed by atoms with van der Waals surface area (Å²) in [6.45, 7) is 3.82. The summed E-state index contributed by atoms with van der Waals surface area (Å²) in [4.78, 5) is 12.5. The standard InChI is InChI=1S/C21H23FN4O3/c1-13-5-7-16(12-17(13)22)26-14(2)20(24-25-26)21(27)23-10-9-15-6-8-18(28-3)19(11-15)29-4/h5-8,11-12H,9-10H2,1-4H3,(H,23,27). The highest BCUT2D eigenvalue weighted by Gasteiger charge is 2.17. The molecule has 1 aromatic heterocycles. The Kier molecular flexibility index (Phi) is 6.11. The molecule has 0 radical (unpaired) electrons. The van der Waals surface area contributed by atoms with Gasteiger partial charge in [-0.05, 0) is 55.7 Å². The summed E-state index contributed by atoms with van der Waals surface area (Å²) in [5.74, 6) is 0.626. The van der Waals surface area contributed by atoms with Crippen LogP contribution < -0.4 is 14.8 Å². The molecule has 7 nitrogen and oxygen atoms in total. The topological polar surface area (TPSA) is 78.3 Å². The van der Waals surface area contributed by atoms with E-state index < -0.39 is 0 Å². The highest BCUT2D eigenvalue weighted by atomic mass is 19.1. The van der Waals surface area contributed by atoms with Crippen LogP contribution in [0.15, 0.2) is 36.4 Å². The van der Waals surface area contributed by atoms with Crippen molar-refractivity contribution in [3.8, 4) is 17.2 Å². The van der Waals surface area contributed by atoms with E-state index in [1.165, 1.54) is 10.7 Å². The lowest BCUT2D eigenvalue weighted by molar-refractivity contribution is 0.0948. The molecular formula is C21H23FN4O3. The normalized spacial score (nSPS) is 10.7. The Hall–Kier alpha value is -3.42. The monoisotopic (exact) mass is 398 g/mol. The summed E-state index contributed by atoms with van der Waals surface area (Å²) in [6.07, 6.45) is 0.614. The molecule has 3 aromatic rings. The van der Waals surface area contributed by atoms with Crippen molar-refractivity contribution in [1.29, 1.82) is 0 Å². The summed E-state index contributed by atoms with van der Waals surface area (Å²) in [5, 5.41) is 10.8. The number of rotatable bonds is 7. The van der Waals surface area contributed by atoms with E-state index in [0.717, 1.165) is 5.56 Å². The van der Waals surface area contributed by atoms with Gasteiger partial charge in [-0.25, -0.2) is 9.07 Å². The van der Waals surface area contributed by atoms with Gasteiger partial charge in [0.15, 0.2) is 17.2 Å². The van der Waals surface area contributed by atoms with Crippen LogP contribution in [0.4, 0.5) is 4.39 Å². The quantitative estimate of drug-likeness (QED) is 0.662. The number of aromatic nitrogens is 3. The van der Waals surface area contributed by atoms with Crippen LogP contribution in [0.2, 0.25) is 0 Å². The van der Waals surface area contributed by atoms with Gasteiger partial charge in [-0.3, -0.25) is 4.79 Å². The van der Waals surface area contributed by atoms with Gasteiger partial charge in [-0.15, -0.1) is 5.10 Å². The van der Waals surface area contributed by atoms with Crippen molar-refractivity contribution in [3.05, 3.63) is 64.7 Å². The molecule has 0 unspecified atom stereocenters. The number of aryl methyl sites for hydroxylation is 1. The van der Waals surface area contributed by atoms with Crippen molar-refractivity contribution in [2.45, 2.75) is 20.3 Å².